The Morgan fingerprint density at radius 3 is 2.55 bits per heavy atom. The van der Waals surface area contributed by atoms with E-state index in [2.05, 4.69) is 44.6 Å². The van der Waals surface area contributed by atoms with Crippen molar-refractivity contribution in [3.63, 3.8) is 0 Å². The second-order valence-corrected chi connectivity index (χ2v) is 11.3. The second kappa shape index (κ2) is 14.1. The lowest BCUT2D eigenvalue weighted by Crippen LogP contribution is -2.61. The van der Waals surface area contributed by atoms with Crippen LogP contribution in [0.5, 0.6) is 5.75 Å². The van der Waals surface area contributed by atoms with E-state index in [4.69, 9.17) is 4.74 Å². The summed E-state index contributed by atoms with van der Waals surface area (Å²) in [5, 5.41) is 9.35. The number of carbonyl (C=O) groups excluding carboxylic acids is 3. The maximum atomic E-state index is 13.8. The summed E-state index contributed by atoms with van der Waals surface area (Å²) in [5.41, 5.74) is 2.29. The first kappa shape index (κ1) is 30.0. The lowest BCUT2D eigenvalue weighted by Gasteiger charge is -2.36. The maximum absolute atomic E-state index is 13.8. The first-order valence-corrected chi connectivity index (χ1v) is 15.5. The largest absolute Gasteiger partial charge is 0.492 e. The fraction of sp³-hybridized carbons (Fsp3) is 0.452. The molecule has 1 saturated carbocycles. The molecule has 0 unspecified atom stereocenters. The molecule has 3 N–H and O–H groups in total. The highest BCUT2D eigenvalue weighted by Crippen LogP contribution is 2.32. The van der Waals surface area contributed by atoms with Gasteiger partial charge in [-0.15, -0.1) is 0 Å². The van der Waals surface area contributed by atoms with E-state index < -0.39 is 17.6 Å². The van der Waals surface area contributed by atoms with Gasteiger partial charge in [-0.25, -0.2) is 0 Å². The normalized spacial score (nSPS) is 23.4. The minimum Gasteiger partial charge on any atom is -0.492 e. The fourth-order valence-electron chi connectivity index (χ4n) is 5.38. The number of halogens is 1. The van der Waals surface area contributed by atoms with Gasteiger partial charge in [0, 0.05) is 36.5 Å². The number of hydrogen-bond donors (Lipinski definition) is 3. The fourth-order valence-corrected chi connectivity index (χ4v) is 5.86. The number of carbonyl (C=O) groups is 3. The van der Waals surface area contributed by atoms with Crippen LogP contribution in [0, 0.1) is 0 Å². The Bertz CT molecular complexity index is 1230. The zero-order chi connectivity index (χ0) is 28.5. The number of rotatable bonds is 3. The summed E-state index contributed by atoms with van der Waals surface area (Å²) in [5.74, 6) is 0.000384. The molecule has 2 aliphatic rings. The maximum Gasteiger partial charge on any atom is 0.243 e. The molecule has 3 amide bonds. The van der Waals surface area contributed by atoms with E-state index in [9.17, 15) is 14.4 Å². The number of amides is 3. The molecule has 8 nitrogen and oxygen atoms in total. The molecule has 1 aliphatic carbocycles. The Labute approximate surface area is 250 Å². The number of para-hydroxylation sites is 1. The predicted molar refractivity (Wildman–Crippen MR) is 165 cm³/mol. The molecule has 1 spiro atoms. The van der Waals surface area contributed by atoms with Crippen LogP contribution in [0.2, 0.25) is 0 Å². The van der Waals surface area contributed by atoms with Crippen LogP contribution in [-0.2, 0) is 25.2 Å². The smallest absolute Gasteiger partial charge is 0.243 e. The van der Waals surface area contributed by atoms with E-state index in [0.717, 1.165) is 39.7 Å². The summed E-state index contributed by atoms with van der Waals surface area (Å²) < 4.78 is 6.92. The van der Waals surface area contributed by atoms with Crippen molar-refractivity contribution in [1.82, 2.24) is 20.9 Å². The standard InChI is InChI=1S/C31H39IN4O4/c1-22-28(37)35-26(20-23-9-7-10-24(19-23)21-32)29(38)33-16-8-12-25-11-3-4-13-27(25)40-18-17-34-31(14-5-6-15-31)30(39)36(22)2/h3-4,7-13,19,22,26,34H,5-6,14-18,20-21H2,1-2H3,(H,33,38)(H,35,37)/b12-8+/t22-,26+/m0/s1. The Morgan fingerprint density at radius 1 is 1.02 bits per heavy atom. The summed E-state index contributed by atoms with van der Waals surface area (Å²) in [4.78, 5) is 42.1. The van der Waals surface area contributed by atoms with E-state index in [0.29, 0.717) is 39.0 Å². The minimum absolute atomic E-state index is 0.104. The molecular formula is C31H39IN4O4. The highest BCUT2D eigenvalue weighted by Gasteiger charge is 2.44. The summed E-state index contributed by atoms with van der Waals surface area (Å²) in [6.45, 7) is 2.91. The molecule has 1 heterocycles. The molecular weight excluding hydrogens is 619 g/mol. The monoisotopic (exact) mass is 658 g/mol. The molecule has 2 aromatic carbocycles. The molecule has 40 heavy (non-hydrogen) atoms. The van der Waals surface area contributed by atoms with E-state index in [1.54, 1.807) is 14.0 Å². The van der Waals surface area contributed by atoms with E-state index in [1.165, 1.54) is 4.90 Å². The first-order chi connectivity index (χ1) is 19.3. The van der Waals surface area contributed by atoms with E-state index in [1.807, 2.05) is 54.6 Å². The van der Waals surface area contributed by atoms with Gasteiger partial charge >= 0.3 is 0 Å². The average Bonchev–Trinajstić information content (AvgIpc) is 3.46. The first-order valence-electron chi connectivity index (χ1n) is 14.0. The highest BCUT2D eigenvalue weighted by atomic mass is 127. The Hall–Kier alpha value is -2.92. The van der Waals surface area contributed by atoms with Crippen LogP contribution in [0.15, 0.2) is 54.6 Å². The van der Waals surface area contributed by atoms with E-state index >= 15 is 0 Å². The van der Waals surface area contributed by atoms with Crippen molar-refractivity contribution in [2.45, 2.75) is 61.1 Å². The van der Waals surface area contributed by atoms with Crippen LogP contribution < -0.4 is 20.7 Å². The van der Waals surface area contributed by atoms with Crippen LogP contribution in [0.1, 0.15) is 49.3 Å². The third kappa shape index (κ3) is 7.42. The summed E-state index contributed by atoms with van der Waals surface area (Å²) in [6, 6.07) is 14.2. The molecule has 0 saturated heterocycles. The topological polar surface area (TPSA) is 99.8 Å². The molecule has 0 radical (unpaired) electrons. The number of hydrogen-bond acceptors (Lipinski definition) is 5. The van der Waals surface area contributed by atoms with Crippen molar-refractivity contribution in [2.75, 3.05) is 26.7 Å². The number of ether oxygens (including phenoxy) is 1. The van der Waals surface area contributed by atoms with Gasteiger partial charge in [0.2, 0.25) is 17.7 Å². The van der Waals surface area contributed by atoms with E-state index in [-0.39, 0.29) is 17.7 Å². The molecule has 9 heteroatoms. The van der Waals surface area contributed by atoms with Crippen LogP contribution in [0.4, 0.5) is 0 Å². The van der Waals surface area contributed by atoms with Gasteiger partial charge in [-0.3, -0.25) is 19.7 Å². The van der Waals surface area contributed by atoms with Gasteiger partial charge in [-0.2, -0.15) is 0 Å². The Balaban J connectivity index is 1.61. The Morgan fingerprint density at radius 2 is 1.77 bits per heavy atom. The Kier molecular flexibility index (Phi) is 10.6. The molecule has 1 aliphatic heterocycles. The summed E-state index contributed by atoms with van der Waals surface area (Å²) in [6.07, 6.45) is 7.45. The molecule has 4 rings (SSSR count). The summed E-state index contributed by atoms with van der Waals surface area (Å²) >= 11 is 2.31. The van der Waals surface area contributed by atoms with Crippen molar-refractivity contribution in [3.05, 3.63) is 71.3 Å². The number of likely N-dealkylation sites (N-methyl/N-ethyl adjacent to an activating group) is 1. The zero-order valence-electron chi connectivity index (χ0n) is 23.3. The van der Waals surface area contributed by atoms with Crippen molar-refractivity contribution < 1.29 is 19.1 Å². The van der Waals surface area contributed by atoms with Gasteiger partial charge in [0.25, 0.3) is 0 Å². The van der Waals surface area contributed by atoms with Crippen molar-refractivity contribution in [1.29, 1.82) is 0 Å². The lowest BCUT2D eigenvalue weighted by atomic mass is 9.94. The molecule has 2 atom stereocenters. The van der Waals surface area contributed by atoms with Gasteiger partial charge in [-0.05, 0) is 37.0 Å². The third-order valence-corrected chi connectivity index (χ3v) is 8.68. The number of benzene rings is 2. The van der Waals surface area contributed by atoms with Gasteiger partial charge in [0.15, 0.2) is 0 Å². The third-order valence-electron chi connectivity index (χ3n) is 7.80. The number of fused-ring (bicyclic) bond motifs is 1. The predicted octanol–water partition coefficient (Wildman–Crippen LogP) is 3.62. The highest BCUT2D eigenvalue weighted by molar-refractivity contribution is 14.1. The molecule has 2 aromatic rings. The average molecular weight is 659 g/mol. The quantitative estimate of drug-likeness (QED) is 0.346. The van der Waals surface area contributed by atoms with Crippen LogP contribution in [-0.4, -0.2) is 67.0 Å². The molecule has 214 valence electrons. The van der Waals surface area contributed by atoms with Gasteiger partial charge < -0.3 is 20.3 Å². The van der Waals surface area contributed by atoms with Crippen molar-refractivity contribution in [2.24, 2.45) is 0 Å². The van der Waals surface area contributed by atoms with Crippen LogP contribution >= 0.6 is 22.6 Å². The number of alkyl halides is 1. The van der Waals surface area contributed by atoms with Crippen LogP contribution in [0.25, 0.3) is 6.08 Å². The minimum atomic E-state index is -0.788. The number of nitrogens with one attached hydrogen (secondary N) is 3. The molecule has 0 aromatic heterocycles. The second-order valence-electron chi connectivity index (χ2n) is 10.6. The van der Waals surface area contributed by atoms with Crippen molar-refractivity contribution >= 4 is 46.4 Å². The molecule has 1 fully saturated rings. The SMILES string of the molecule is C[C@H]1C(=O)N[C@H](Cc2cccc(CI)c2)C(=O)NC/C=C/c2ccccc2OCCNC2(CCCC2)C(=O)N1C. The molecule has 0 bridgehead atoms. The van der Waals surface area contributed by atoms with Gasteiger partial charge in [0.1, 0.15) is 24.4 Å². The van der Waals surface area contributed by atoms with Gasteiger partial charge in [-0.1, -0.05) is 90.0 Å². The zero-order valence-corrected chi connectivity index (χ0v) is 25.4. The lowest BCUT2D eigenvalue weighted by molar-refractivity contribution is -0.144. The summed E-state index contributed by atoms with van der Waals surface area (Å²) in [7, 11) is 1.67. The van der Waals surface area contributed by atoms with Crippen molar-refractivity contribution in [3.8, 4) is 5.75 Å². The van der Waals surface area contributed by atoms with Gasteiger partial charge in [0.05, 0.1) is 5.54 Å². The van der Waals surface area contributed by atoms with Crippen LogP contribution in [0.3, 0.4) is 0 Å². The number of nitrogens with zero attached hydrogens (tertiary/aromatic N) is 1.